The van der Waals surface area contributed by atoms with Gasteiger partial charge in [0.2, 0.25) is 0 Å². The molecule has 0 spiro atoms. The Labute approximate surface area is 149 Å². The molecule has 2 aromatic rings. The Morgan fingerprint density at radius 1 is 1.08 bits per heavy atom. The number of methoxy groups -OCH3 is 2. The molecule has 2 aromatic carbocycles. The fourth-order valence-electron chi connectivity index (χ4n) is 2.65. The fourth-order valence-corrected chi connectivity index (χ4v) is 2.65. The molecule has 1 N–H and O–H groups in total. The summed E-state index contributed by atoms with van der Waals surface area (Å²) >= 11 is 0. The van der Waals surface area contributed by atoms with Crippen LogP contribution in [0.25, 0.3) is 0 Å². The first-order valence-electron chi connectivity index (χ1n) is 8.23. The average molecular weight is 342 g/mol. The van der Waals surface area contributed by atoms with Gasteiger partial charge in [-0.15, -0.1) is 0 Å². The van der Waals surface area contributed by atoms with Crippen molar-refractivity contribution >= 4 is 11.6 Å². The first-order valence-corrected chi connectivity index (χ1v) is 8.23. The number of amides is 1. The molecule has 5 heteroatoms. The van der Waals surface area contributed by atoms with Crippen LogP contribution in [0.2, 0.25) is 0 Å². The molecular formula is C20H26N2O3. The summed E-state index contributed by atoms with van der Waals surface area (Å²) in [6.45, 7) is 2.50. The Kier molecular flexibility index (Phi) is 6.28. The van der Waals surface area contributed by atoms with E-state index in [2.05, 4.69) is 5.32 Å². The third kappa shape index (κ3) is 4.66. The molecule has 0 heterocycles. The maximum Gasteiger partial charge on any atom is 0.251 e. The lowest BCUT2D eigenvalue weighted by atomic mass is 10.1. The largest absolute Gasteiger partial charge is 0.496 e. The first-order chi connectivity index (χ1) is 12.0. The quantitative estimate of drug-likeness (QED) is 0.840. The highest BCUT2D eigenvalue weighted by atomic mass is 16.5. The number of anilines is 1. The maximum absolute atomic E-state index is 12.4. The number of rotatable bonds is 7. The van der Waals surface area contributed by atoms with Crippen molar-refractivity contribution in [3.8, 4) is 11.5 Å². The van der Waals surface area contributed by atoms with E-state index in [0.29, 0.717) is 18.5 Å². The molecule has 0 unspecified atom stereocenters. The van der Waals surface area contributed by atoms with E-state index in [1.807, 2.05) is 62.3 Å². The number of carbonyl (C=O) groups is 1. The summed E-state index contributed by atoms with van der Waals surface area (Å²) in [4.78, 5) is 14.3. The lowest BCUT2D eigenvalue weighted by Gasteiger charge is -2.14. The molecule has 0 aliphatic heterocycles. The Morgan fingerprint density at radius 2 is 1.80 bits per heavy atom. The van der Waals surface area contributed by atoms with Crippen LogP contribution >= 0.6 is 0 Å². The van der Waals surface area contributed by atoms with Gasteiger partial charge in [0.1, 0.15) is 11.5 Å². The molecular weight excluding hydrogens is 316 g/mol. The van der Waals surface area contributed by atoms with Crippen LogP contribution in [-0.4, -0.2) is 40.8 Å². The van der Waals surface area contributed by atoms with Crippen molar-refractivity contribution in [2.45, 2.75) is 13.3 Å². The van der Waals surface area contributed by atoms with Gasteiger partial charge < -0.3 is 19.7 Å². The topological polar surface area (TPSA) is 50.8 Å². The van der Waals surface area contributed by atoms with Gasteiger partial charge in [-0.2, -0.15) is 0 Å². The second-order valence-corrected chi connectivity index (χ2v) is 6.08. The summed E-state index contributed by atoms with van der Waals surface area (Å²) < 4.78 is 10.8. The number of carbonyl (C=O) groups excluding carboxylic acids is 1. The van der Waals surface area contributed by atoms with Gasteiger partial charge in [-0.05, 0) is 54.8 Å². The van der Waals surface area contributed by atoms with Crippen molar-refractivity contribution in [2.24, 2.45) is 0 Å². The lowest BCUT2D eigenvalue weighted by molar-refractivity contribution is 0.0954. The molecule has 0 saturated carbocycles. The minimum Gasteiger partial charge on any atom is -0.496 e. The van der Waals surface area contributed by atoms with Crippen LogP contribution in [-0.2, 0) is 6.42 Å². The maximum atomic E-state index is 12.4. The highest BCUT2D eigenvalue weighted by molar-refractivity contribution is 5.95. The van der Waals surface area contributed by atoms with Gasteiger partial charge in [-0.25, -0.2) is 0 Å². The van der Waals surface area contributed by atoms with Gasteiger partial charge in [0, 0.05) is 31.9 Å². The summed E-state index contributed by atoms with van der Waals surface area (Å²) in [7, 11) is 7.20. The van der Waals surface area contributed by atoms with E-state index in [1.54, 1.807) is 14.2 Å². The monoisotopic (exact) mass is 342 g/mol. The SMILES string of the molecule is COc1cc(CCNC(=O)c2cccc(N(C)C)c2)c(OC)cc1C. The third-order valence-corrected chi connectivity index (χ3v) is 4.10. The molecule has 0 aliphatic carbocycles. The number of benzene rings is 2. The summed E-state index contributed by atoms with van der Waals surface area (Å²) in [5.41, 5.74) is 3.68. The number of hydrogen-bond acceptors (Lipinski definition) is 4. The van der Waals surface area contributed by atoms with Crippen LogP contribution in [0.15, 0.2) is 36.4 Å². The second-order valence-electron chi connectivity index (χ2n) is 6.08. The molecule has 1 amide bonds. The van der Waals surface area contributed by atoms with Gasteiger partial charge in [0.25, 0.3) is 5.91 Å². The van der Waals surface area contributed by atoms with E-state index < -0.39 is 0 Å². The van der Waals surface area contributed by atoms with E-state index in [-0.39, 0.29) is 5.91 Å². The number of ether oxygens (including phenoxy) is 2. The predicted octanol–water partition coefficient (Wildman–Crippen LogP) is 3.05. The van der Waals surface area contributed by atoms with Gasteiger partial charge in [0.05, 0.1) is 14.2 Å². The average Bonchev–Trinajstić information content (AvgIpc) is 2.62. The zero-order valence-corrected chi connectivity index (χ0v) is 15.6. The highest BCUT2D eigenvalue weighted by Crippen LogP contribution is 2.28. The fraction of sp³-hybridized carbons (Fsp3) is 0.350. The summed E-state index contributed by atoms with van der Waals surface area (Å²) in [6.07, 6.45) is 0.666. The third-order valence-electron chi connectivity index (χ3n) is 4.10. The van der Waals surface area contributed by atoms with Crippen molar-refractivity contribution in [3.05, 3.63) is 53.1 Å². The molecule has 0 aromatic heterocycles. The smallest absolute Gasteiger partial charge is 0.251 e. The number of aryl methyl sites for hydroxylation is 1. The zero-order valence-electron chi connectivity index (χ0n) is 15.6. The van der Waals surface area contributed by atoms with Gasteiger partial charge in [-0.3, -0.25) is 4.79 Å². The van der Waals surface area contributed by atoms with Crippen molar-refractivity contribution in [3.63, 3.8) is 0 Å². The number of nitrogens with one attached hydrogen (secondary N) is 1. The molecule has 0 saturated heterocycles. The van der Waals surface area contributed by atoms with E-state index in [9.17, 15) is 4.79 Å². The van der Waals surface area contributed by atoms with E-state index >= 15 is 0 Å². The molecule has 0 radical (unpaired) electrons. The molecule has 134 valence electrons. The lowest BCUT2D eigenvalue weighted by Crippen LogP contribution is -2.26. The summed E-state index contributed by atoms with van der Waals surface area (Å²) in [6, 6.07) is 11.5. The molecule has 2 rings (SSSR count). The highest BCUT2D eigenvalue weighted by Gasteiger charge is 2.10. The molecule has 0 aliphatic rings. The van der Waals surface area contributed by atoms with Gasteiger partial charge in [-0.1, -0.05) is 6.07 Å². The van der Waals surface area contributed by atoms with Crippen LogP contribution in [0.4, 0.5) is 5.69 Å². The minimum absolute atomic E-state index is 0.0817. The van der Waals surface area contributed by atoms with Crippen LogP contribution in [0.1, 0.15) is 21.5 Å². The van der Waals surface area contributed by atoms with Crippen LogP contribution in [0.3, 0.4) is 0 Å². The van der Waals surface area contributed by atoms with Crippen LogP contribution in [0.5, 0.6) is 11.5 Å². The van der Waals surface area contributed by atoms with Crippen LogP contribution < -0.4 is 19.7 Å². The first kappa shape index (κ1) is 18.6. The summed E-state index contributed by atoms with van der Waals surface area (Å²) in [5.74, 6) is 1.55. The molecule has 0 bridgehead atoms. The van der Waals surface area contributed by atoms with E-state index in [4.69, 9.17) is 9.47 Å². The molecule has 0 fully saturated rings. The Bertz CT molecular complexity index is 742. The molecule has 5 nitrogen and oxygen atoms in total. The zero-order chi connectivity index (χ0) is 18.4. The Morgan fingerprint density at radius 3 is 2.44 bits per heavy atom. The van der Waals surface area contributed by atoms with E-state index in [0.717, 1.165) is 28.3 Å². The summed E-state index contributed by atoms with van der Waals surface area (Å²) in [5, 5.41) is 2.96. The molecule has 25 heavy (non-hydrogen) atoms. The van der Waals surface area contributed by atoms with Crippen LogP contribution in [0, 0.1) is 6.92 Å². The Hall–Kier alpha value is -2.69. The Balaban J connectivity index is 2.03. The number of nitrogens with zero attached hydrogens (tertiary/aromatic N) is 1. The van der Waals surface area contributed by atoms with Gasteiger partial charge >= 0.3 is 0 Å². The standard InChI is InChI=1S/C20H26N2O3/c1-14-11-19(25-5)15(13-18(14)24-4)9-10-21-20(23)16-7-6-8-17(12-16)22(2)3/h6-8,11-13H,9-10H2,1-5H3,(H,21,23). The van der Waals surface area contributed by atoms with Crippen molar-refractivity contribution in [1.82, 2.24) is 5.32 Å². The van der Waals surface area contributed by atoms with E-state index in [1.165, 1.54) is 0 Å². The second kappa shape index (κ2) is 8.42. The molecule has 0 atom stereocenters. The van der Waals surface area contributed by atoms with Crippen molar-refractivity contribution < 1.29 is 14.3 Å². The van der Waals surface area contributed by atoms with Crippen molar-refractivity contribution in [2.75, 3.05) is 39.8 Å². The normalized spacial score (nSPS) is 10.3. The van der Waals surface area contributed by atoms with Gasteiger partial charge in [0.15, 0.2) is 0 Å². The van der Waals surface area contributed by atoms with Crippen molar-refractivity contribution in [1.29, 1.82) is 0 Å². The predicted molar refractivity (Wildman–Crippen MR) is 101 cm³/mol. The number of hydrogen-bond donors (Lipinski definition) is 1. The minimum atomic E-state index is -0.0817.